The van der Waals surface area contributed by atoms with Gasteiger partial charge in [0.25, 0.3) is 0 Å². The number of halogens is 2. The van der Waals surface area contributed by atoms with E-state index in [2.05, 4.69) is 17.1 Å². The molecule has 150 valence electrons. The van der Waals surface area contributed by atoms with Gasteiger partial charge in [0.05, 0.1) is 5.69 Å². The SMILES string of the molecule is Oc1c(C=Nc2ccccc2)cccc1C1CCCCCCCCC1.[Cl][Ti][Cl]. The van der Waals surface area contributed by atoms with Crippen LogP contribution in [0.25, 0.3) is 0 Å². The Morgan fingerprint density at radius 1 is 0.821 bits per heavy atom. The van der Waals surface area contributed by atoms with Gasteiger partial charge >= 0.3 is 35.6 Å². The Morgan fingerprint density at radius 2 is 1.39 bits per heavy atom. The summed E-state index contributed by atoms with van der Waals surface area (Å²) in [6.45, 7) is 0. The van der Waals surface area contributed by atoms with Gasteiger partial charge in [-0.1, -0.05) is 75.3 Å². The van der Waals surface area contributed by atoms with Gasteiger partial charge < -0.3 is 5.11 Å². The number of phenols is 1. The van der Waals surface area contributed by atoms with E-state index < -0.39 is 17.0 Å². The Bertz CT molecular complexity index is 699. The molecule has 1 aliphatic rings. The van der Waals surface area contributed by atoms with E-state index in [4.69, 9.17) is 18.6 Å². The summed E-state index contributed by atoms with van der Waals surface area (Å²) >= 11 is -0.556. The topological polar surface area (TPSA) is 32.6 Å². The van der Waals surface area contributed by atoms with Crippen LogP contribution in [-0.2, 0) is 17.0 Å². The predicted octanol–water partition coefficient (Wildman–Crippen LogP) is 8.13. The molecule has 0 atom stereocenters. The zero-order chi connectivity index (χ0) is 20.0. The molecule has 1 N–H and O–H groups in total. The number of aliphatic imine (C=N–C) groups is 1. The Hall–Kier alpha value is -0.796. The molecular formula is C23H29Cl2NOTi. The molecule has 0 unspecified atom stereocenters. The van der Waals surface area contributed by atoms with Gasteiger partial charge in [0, 0.05) is 11.8 Å². The molecule has 3 rings (SSSR count). The van der Waals surface area contributed by atoms with Gasteiger partial charge in [-0.2, -0.15) is 0 Å². The van der Waals surface area contributed by atoms with Crippen molar-refractivity contribution in [2.75, 3.05) is 0 Å². The van der Waals surface area contributed by atoms with Gasteiger partial charge in [0.15, 0.2) is 0 Å². The fraction of sp³-hybridized carbons (Fsp3) is 0.435. The normalized spacial score (nSPS) is 16.2. The minimum atomic E-state index is -0.556. The van der Waals surface area contributed by atoms with Crippen molar-refractivity contribution in [3.05, 3.63) is 59.7 Å². The molecule has 28 heavy (non-hydrogen) atoms. The van der Waals surface area contributed by atoms with Crippen molar-refractivity contribution in [2.24, 2.45) is 4.99 Å². The maximum absolute atomic E-state index is 10.8. The number of nitrogens with zero attached hydrogens (tertiary/aromatic N) is 1. The Kier molecular flexibility index (Phi) is 11.9. The second-order valence-electron chi connectivity index (χ2n) is 7.20. The molecule has 0 saturated heterocycles. The van der Waals surface area contributed by atoms with E-state index in [9.17, 15) is 5.11 Å². The number of hydrogen-bond donors (Lipinski definition) is 1. The third kappa shape index (κ3) is 8.29. The number of rotatable bonds is 3. The molecule has 0 bridgehead atoms. The Balaban J connectivity index is 0.000000878. The van der Waals surface area contributed by atoms with Gasteiger partial charge in [0.1, 0.15) is 5.75 Å². The second-order valence-corrected chi connectivity index (χ2v) is 9.78. The zero-order valence-corrected chi connectivity index (χ0v) is 19.4. The van der Waals surface area contributed by atoms with Crippen molar-refractivity contribution >= 4 is 30.5 Å². The summed E-state index contributed by atoms with van der Waals surface area (Å²) in [6.07, 6.45) is 13.5. The molecule has 0 amide bonds. The van der Waals surface area contributed by atoms with Crippen molar-refractivity contribution in [2.45, 2.75) is 63.7 Å². The zero-order valence-electron chi connectivity index (χ0n) is 16.3. The first-order valence-electron chi connectivity index (χ1n) is 10.1. The van der Waals surface area contributed by atoms with Crippen LogP contribution in [0.1, 0.15) is 74.8 Å². The van der Waals surface area contributed by atoms with Gasteiger partial charge in [-0.25, -0.2) is 0 Å². The summed E-state index contributed by atoms with van der Waals surface area (Å²) in [5.74, 6) is 0.896. The maximum atomic E-state index is 10.8. The van der Waals surface area contributed by atoms with Gasteiger partial charge in [0.2, 0.25) is 0 Å². The molecule has 0 radical (unpaired) electrons. The third-order valence-corrected chi connectivity index (χ3v) is 5.25. The number of hydrogen-bond acceptors (Lipinski definition) is 2. The van der Waals surface area contributed by atoms with Gasteiger partial charge in [-0.05, 0) is 42.5 Å². The first kappa shape index (κ1) is 23.5. The van der Waals surface area contributed by atoms with E-state index in [0.717, 1.165) is 16.8 Å². The number of benzene rings is 2. The predicted molar refractivity (Wildman–Crippen MR) is 118 cm³/mol. The fourth-order valence-corrected chi connectivity index (χ4v) is 3.79. The molecule has 1 aliphatic carbocycles. The quantitative estimate of drug-likeness (QED) is 0.369. The molecule has 0 heterocycles. The summed E-state index contributed by atoms with van der Waals surface area (Å²) in [6, 6.07) is 16.0. The average molecular weight is 454 g/mol. The molecule has 2 aromatic carbocycles. The summed E-state index contributed by atoms with van der Waals surface area (Å²) in [5, 5.41) is 10.8. The molecule has 0 aromatic heterocycles. The van der Waals surface area contributed by atoms with Crippen molar-refractivity contribution in [3.8, 4) is 5.75 Å². The van der Waals surface area contributed by atoms with Gasteiger partial charge in [-0.3, -0.25) is 4.99 Å². The van der Waals surface area contributed by atoms with Crippen molar-refractivity contribution in [1.82, 2.24) is 0 Å². The van der Waals surface area contributed by atoms with Crippen LogP contribution in [0.4, 0.5) is 5.69 Å². The van der Waals surface area contributed by atoms with Crippen LogP contribution >= 0.6 is 18.6 Å². The summed E-state index contributed by atoms with van der Waals surface area (Å²) < 4.78 is 0. The molecule has 0 spiro atoms. The first-order valence-corrected chi connectivity index (χ1v) is 14.4. The second kappa shape index (κ2) is 14.2. The standard InChI is InChI=1S/C23H29NO.2ClH.Ti/c25-23-20(18-24-21-15-9-6-10-16-21)14-11-17-22(23)19-12-7-4-2-1-3-5-8-13-19;;;/h6,9-11,14-19,25H,1-5,7-8,12-13H2;2*1H;/q;;;+2/p-2. The Labute approximate surface area is 186 Å². The average Bonchev–Trinajstić information content (AvgIpc) is 2.73. The Morgan fingerprint density at radius 3 is 2.00 bits per heavy atom. The van der Waals surface area contributed by atoms with Crippen LogP contribution in [-0.4, -0.2) is 11.3 Å². The molecular weight excluding hydrogens is 425 g/mol. The third-order valence-electron chi connectivity index (χ3n) is 5.25. The van der Waals surface area contributed by atoms with Crippen LogP contribution < -0.4 is 0 Å². The fourth-order valence-electron chi connectivity index (χ4n) is 3.79. The van der Waals surface area contributed by atoms with E-state index in [1.165, 1.54) is 57.8 Å². The number of phenolic OH excluding ortho intramolecular Hbond substituents is 1. The van der Waals surface area contributed by atoms with Crippen LogP contribution in [0.15, 0.2) is 53.5 Å². The molecule has 2 nitrogen and oxygen atoms in total. The minimum absolute atomic E-state index is 0.421. The van der Waals surface area contributed by atoms with E-state index >= 15 is 0 Å². The monoisotopic (exact) mass is 453 g/mol. The van der Waals surface area contributed by atoms with E-state index in [1.54, 1.807) is 6.21 Å². The number of aromatic hydroxyl groups is 1. The van der Waals surface area contributed by atoms with Crippen LogP contribution in [0, 0.1) is 0 Å². The molecule has 2 aromatic rings. The first-order chi connectivity index (χ1) is 13.8. The number of para-hydroxylation sites is 2. The molecule has 1 fully saturated rings. The summed E-state index contributed by atoms with van der Waals surface area (Å²) in [4.78, 5) is 4.50. The van der Waals surface area contributed by atoms with E-state index in [-0.39, 0.29) is 0 Å². The van der Waals surface area contributed by atoms with E-state index in [0.29, 0.717) is 11.7 Å². The van der Waals surface area contributed by atoms with Crippen LogP contribution in [0.5, 0.6) is 5.75 Å². The van der Waals surface area contributed by atoms with Crippen molar-refractivity contribution < 1.29 is 22.1 Å². The van der Waals surface area contributed by atoms with Crippen molar-refractivity contribution in [1.29, 1.82) is 0 Å². The molecule has 0 aliphatic heterocycles. The summed E-state index contributed by atoms with van der Waals surface area (Å²) in [5.41, 5.74) is 2.84. The van der Waals surface area contributed by atoms with Crippen LogP contribution in [0.2, 0.25) is 0 Å². The van der Waals surface area contributed by atoms with Crippen LogP contribution in [0.3, 0.4) is 0 Å². The van der Waals surface area contributed by atoms with Gasteiger partial charge in [-0.15, -0.1) is 0 Å². The van der Waals surface area contributed by atoms with E-state index in [1.807, 2.05) is 36.4 Å². The summed E-state index contributed by atoms with van der Waals surface area (Å²) in [7, 11) is 9.78. The molecule has 5 heteroatoms. The molecule has 1 saturated carbocycles. The van der Waals surface area contributed by atoms with Crippen molar-refractivity contribution in [3.63, 3.8) is 0 Å².